The zero-order chi connectivity index (χ0) is 11.4. The van der Waals surface area contributed by atoms with E-state index in [1.807, 2.05) is 19.1 Å². The van der Waals surface area contributed by atoms with Gasteiger partial charge in [-0.15, -0.1) is 0 Å². The molecular weight excluding hydrogens is 238 g/mol. The highest BCUT2D eigenvalue weighted by atomic mass is 35.5. The maximum Gasteiger partial charge on any atom is 0.0640 e. The smallest absolute Gasteiger partial charge is 0.0640 e. The van der Waals surface area contributed by atoms with Crippen LogP contribution in [0, 0.1) is 6.92 Å². The number of nitrogens with one attached hydrogen (secondary N) is 1. The highest BCUT2D eigenvalue weighted by Crippen LogP contribution is 2.22. The summed E-state index contributed by atoms with van der Waals surface area (Å²) in [5.41, 5.74) is 3.58. The molecule has 0 spiro atoms. The Bertz CT molecular complexity index is 451. The zero-order valence-electron chi connectivity index (χ0n) is 9.16. The van der Waals surface area contributed by atoms with Crippen molar-refractivity contribution in [2.45, 2.75) is 13.3 Å². The molecule has 0 bridgehead atoms. The summed E-state index contributed by atoms with van der Waals surface area (Å²) < 4.78 is 0. The van der Waals surface area contributed by atoms with Crippen LogP contribution in [0.15, 0.2) is 35.0 Å². The first-order chi connectivity index (χ1) is 7.75. The van der Waals surface area contributed by atoms with Gasteiger partial charge in [0.25, 0.3) is 0 Å². The van der Waals surface area contributed by atoms with Gasteiger partial charge in [-0.1, -0.05) is 17.7 Å². The third-order valence-electron chi connectivity index (χ3n) is 2.43. The average molecular weight is 252 g/mol. The molecule has 0 saturated heterocycles. The normalized spacial score (nSPS) is 10.4. The van der Waals surface area contributed by atoms with E-state index in [4.69, 9.17) is 11.6 Å². The molecule has 16 heavy (non-hydrogen) atoms. The SMILES string of the molecule is Cc1ccc(NCCc2ccsc2)c(Cl)c1. The molecule has 0 aliphatic carbocycles. The van der Waals surface area contributed by atoms with Crippen LogP contribution in [0.25, 0.3) is 0 Å². The molecule has 1 heterocycles. The van der Waals surface area contributed by atoms with Gasteiger partial charge < -0.3 is 5.32 Å². The molecule has 1 aromatic heterocycles. The van der Waals surface area contributed by atoms with Crippen LogP contribution in [0.3, 0.4) is 0 Å². The maximum absolute atomic E-state index is 6.13. The van der Waals surface area contributed by atoms with Crippen molar-refractivity contribution in [1.82, 2.24) is 0 Å². The average Bonchev–Trinajstić information content (AvgIpc) is 2.74. The van der Waals surface area contributed by atoms with E-state index in [1.54, 1.807) is 11.3 Å². The monoisotopic (exact) mass is 251 g/mol. The first kappa shape index (κ1) is 11.5. The highest BCUT2D eigenvalue weighted by Gasteiger charge is 1.99. The molecule has 0 unspecified atom stereocenters. The molecule has 0 aliphatic heterocycles. The molecule has 2 aromatic rings. The molecule has 84 valence electrons. The molecule has 2 rings (SSSR count). The predicted molar refractivity (Wildman–Crippen MR) is 72.7 cm³/mol. The van der Waals surface area contributed by atoms with Crippen LogP contribution < -0.4 is 5.32 Å². The molecule has 0 aliphatic rings. The first-order valence-corrected chi connectivity index (χ1v) is 6.59. The van der Waals surface area contributed by atoms with Crippen LogP contribution in [0.1, 0.15) is 11.1 Å². The van der Waals surface area contributed by atoms with E-state index in [2.05, 4.69) is 28.2 Å². The summed E-state index contributed by atoms with van der Waals surface area (Å²) in [6.07, 6.45) is 1.04. The van der Waals surface area contributed by atoms with Crippen LogP contribution in [-0.4, -0.2) is 6.54 Å². The van der Waals surface area contributed by atoms with E-state index >= 15 is 0 Å². The van der Waals surface area contributed by atoms with Crippen molar-refractivity contribution in [1.29, 1.82) is 0 Å². The van der Waals surface area contributed by atoms with Gasteiger partial charge in [0, 0.05) is 6.54 Å². The van der Waals surface area contributed by atoms with Gasteiger partial charge in [0.05, 0.1) is 10.7 Å². The van der Waals surface area contributed by atoms with Crippen molar-refractivity contribution in [3.05, 3.63) is 51.2 Å². The first-order valence-electron chi connectivity index (χ1n) is 5.27. The fourth-order valence-electron chi connectivity index (χ4n) is 1.54. The zero-order valence-corrected chi connectivity index (χ0v) is 10.7. The Labute approximate surface area is 105 Å². The van der Waals surface area contributed by atoms with Gasteiger partial charge >= 0.3 is 0 Å². The number of hydrogen-bond donors (Lipinski definition) is 1. The Morgan fingerprint density at radius 1 is 1.31 bits per heavy atom. The van der Waals surface area contributed by atoms with Crippen LogP contribution >= 0.6 is 22.9 Å². The van der Waals surface area contributed by atoms with E-state index in [0.29, 0.717) is 0 Å². The lowest BCUT2D eigenvalue weighted by Gasteiger charge is -2.08. The number of thiophene rings is 1. The van der Waals surface area contributed by atoms with Crippen molar-refractivity contribution in [2.75, 3.05) is 11.9 Å². The quantitative estimate of drug-likeness (QED) is 0.851. The second-order valence-corrected chi connectivity index (χ2v) is 4.98. The van der Waals surface area contributed by atoms with Gasteiger partial charge in [0.2, 0.25) is 0 Å². The summed E-state index contributed by atoms with van der Waals surface area (Å²) in [6.45, 7) is 2.96. The number of benzene rings is 1. The number of rotatable bonds is 4. The Balaban J connectivity index is 1.90. The minimum atomic E-state index is 0.797. The molecule has 1 N–H and O–H groups in total. The van der Waals surface area contributed by atoms with Gasteiger partial charge in [-0.2, -0.15) is 11.3 Å². The van der Waals surface area contributed by atoms with Crippen LogP contribution in [0.5, 0.6) is 0 Å². The Morgan fingerprint density at radius 2 is 2.19 bits per heavy atom. The highest BCUT2D eigenvalue weighted by molar-refractivity contribution is 7.07. The molecule has 1 aromatic carbocycles. The van der Waals surface area contributed by atoms with E-state index in [1.165, 1.54) is 11.1 Å². The lowest BCUT2D eigenvalue weighted by molar-refractivity contribution is 1.03. The summed E-state index contributed by atoms with van der Waals surface area (Å²) >= 11 is 7.87. The van der Waals surface area contributed by atoms with Crippen molar-refractivity contribution in [3.63, 3.8) is 0 Å². The van der Waals surface area contributed by atoms with E-state index in [0.717, 1.165) is 23.7 Å². The summed E-state index contributed by atoms with van der Waals surface area (Å²) in [5.74, 6) is 0. The molecule has 0 saturated carbocycles. The summed E-state index contributed by atoms with van der Waals surface area (Å²) in [5, 5.41) is 8.43. The second kappa shape index (κ2) is 5.37. The topological polar surface area (TPSA) is 12.0 Å². The van der Waals surface area contributed by atoms with Crippen molar-refractivity contribution in [2.24, 2.45) is 0 Å². The van der Waals surface area contributed by atoms with Crippen molar-refractivity contribution in [3.8, 4) is 0 Å². The van der Waals surface area contributed by atoms with Gasteiger partial charge in [0.15, 0.2) is 0 Å². The molecule has 0 atom stereocenters. The Morgan fingerprint density at radius 3 is 2.88 bits per heavy atom. The predicted octanol–water partition coefficient (Wildman–Crippen LogP) is 4.36. The number of anilines is 1. The van der Waals surface area contributed by atoms with E-state index in [-0.39, 0.29) is 0 Å². The standard InChI is InChI=1S/C13H14ClNS/c1-10-2-3-13(12(14)8-10)15-6-4-11-5-7-16-9-11/h2-3,5,7-9,15H,4,6H2,1H3. The molecule has 0 fully saturated rings. The van der Waals surface area contributed by atoms with Gasteiger partial charge in [-0.05, 0) is 53.4 Å². The number of halogens is 1. The minimum absolute atomic E-state index is 0.797. The summed E-state index contributed by atoms with van der Waals surface area (Å²) in [4.78, 5) is 0. The largest absolute Gasteiger partial charge is 0.384 e. The third-order valence-corrected chi connectivity index (χ3v) is 3.48. The lowest BCUT2D eigenvalue weighted by atomic mass is 10.2. The van der Waals surface area contributed by atoms with Crippen LogP contribution in [0.2, 0.25) is 5.02 Å². The molecule has 0 radical (unpaired) electrons. The van der Waals surface area contributed by atoms with Gasteiger partial charge in [-0.3, -0.25) is 0 Å². The minimum Gasteiger partial charge on any atom is -0.384 e. The van der Waals surface area contributed by atoms with Gasteiger partial charge in [0.1, 0.15) is 0 Å². The van der Waals surface area contributed by atoms with Crippen LogP contribution in [-0.2, 0) is 6.42 Å². The third kappa shape index (κ3) is 3.00. The summed E-state index contributed by atoms with van der Waals surface area (Å²) in [6, 6.07) is 8.24. The molecular formula is C13H14ClNS. The Hall–Kier alpha value is -0.990. The van der Waals surface area contributed by atoms with Crippen molar-refractivity contribution < 1.29 is 0 Å². The van der Waals surface area contributed by atoms with Crippen molar-refractivity contribution >= 4 is 28.6 Å². The molecule has 3 heteroatoms. The van der Waals surface area contributed by atoms with E-state index < -0.39 is 0 Å². The fourth-order valence-corrected chi connectivity index (χ4v) is 2.54. The van der Waals surface area contributed by atoms with Gasteiger partial charge in [-0.25, -0.2) is 0 Å². The second-order valence-electron chi connectivity index (χ2n) is 3.79. The molecule has 1 nitrogen and oxygen atoms in total. The van der Waals surface area contributed by atoms with E-state index in [9.17, 15) is 0 Å². The lowest BCUT2D eigenvalue weighted by Crippen LogP contribution is -2.04. The number of aryl methyl sites for hydroxylation is 1. The number of hydrogen-bond acceptors (Lipinski definition) is 2. The summed E-state index contributed by atoms with van der Waals surface area (Å²) in [7, 11) is 0. The molecule has 0 amide bonds. The van der Waals surface area contributed by atoms with Crippen LogP contribution in [0.4, 0.5) is 5.69 Å². The fraction of sp³-hybridized carbons (Fsp3) is 0.231. The Kier molecular flexibility index (Phi) is 3.86. The maximum atomic E-state index is 6.13.